The minimum absolute atomic E-state index is 0.231. The normalized spacial score (nSPS) is 16.1. The Labute approximate surface area is 166 Å². The first kappa shape index (κ1) is 20.0. The first-order chi connectivity index (χ1) is 12.9. The molecule has 3 rings (SSSR count). The number of carbonyl (C=O) groups is 1. The molecule has 1 unspecified atom stereocenters. The van der Waals surface area contributed by atoms with Gasteiger partial charge in [-0.2, -0.15) is 0 Å². The van der Waals surface area contributed by atoms with E-state index in [1.807, 2.05) is 18.2 Å². The van der Waals surface area contributed by atoms with Crippen LogP contribution in [0.1, 0.15) is 62.5 Å². The van der Waals surface area contributed by atoms with E-state index in [1.54, 1.807) is 20.1 Å². The maximum absolute atomic E-state index is 11.3. The van der Waals surface area contributed by atoms with Gasteiger partial charge in [-0.25, -0.2) is 0 Å². The van der Waals surface area contributed by atoms with Crippen molar-refractivity contribution in [2.75, 3.05) is 6.54 Å². The number of halogens is 1. The van der Waals surface area contributed by atoms with E-state index in [1.165, 1.54) is 5.56 Å². The van der Waals surface area contributed by atoms with E-state index >= 15 is 0 Å². The minimum Gasteiger partial charge on any atom is -0.481 e. The molecule has 1 N–H and O–H groups in total. The van der Waals surface area contributed by atoms with Gasteiger partial charge in [-0.05, 0) is 44.4 Å². The number of benzene rings is 1. The molecule has 1 atom stereocenters. The van der Waals surface area contributed by atoms with Crippen LogP contribution in [-0.2, 0) is 17.8 Å². The van der Waals surface area contributed by atoms with Crippen LogP contribution in [0.15, 0.2) is 41.0 Å². The highest BCUT2D eigenvalue weighted by Crippen LogP contribution is 2.36. The van der Waals surface area contributed by atoms with Gasteiger partial charge < -0.3 is 9.52 Å². The molecule has 0 saturated heterocycles. The zero-order chi connectivity index (χ0) is 19.4. The van der Waals surface area contributed by atoms with Crippen molar-refractivity contribution in [2.45, 2.75) is 58.5 Å². The monoisotopic (exact) mass is 389 g/mol. The number of rotatable bonds is 8. The largest absolute Gasteiger partial charge is 0.481 e. The summed E-state index contributed by atoms with van der Waals surface area (Å²) in [6, 6.07) is 10.3. The fourth-order valence-electron chi connectivity index (χ4n) is 3.83. The lowest BCUT2D eigenvalue weighted by Crippen LogP contribution is -2.34. The second-order valence-electron chi connectivity index (χ2n) is 8.06. The van der Waals surface area contributed by atoms with E-state index in [9.17, 15) is 9.90 Å². The lowest BCUT2D eigenvalue weighted by molar-refractivity contribution is -0.147. The maximum Gasteiger partial charge on any atom is 0.309 e. The van der Waals surface area contributed by atoms with Crippen molar-refractivity contribution in [3.05, 3.63) is 58.5 Å². The van der Waals surface area contributed by atoms with E-state index in [0.29, 0.717) is 6.42 Å². The van der Waals surface area contributed by atoms with Gasteiger partial charge >= 0.3 is 5.97 Å². The molecule has 27 heavy (non-hydrogen) atoms. The molecule has 1 aliphatic rings. The zero-order valence-corrected chi connectivity index (χ0v) is 16.8. The van der Waals surface area contributed by atoms with Crippen molar-refractivity contribution in [1.29, 1.82) is 0 Å². The van der Waals surface area contributed by atoms with Crippen LogP contribution in [0.4, 0.5) is 0 Å². The Morgan fingerprint density at radius 1 is 1.30 bits per heavy atom. The fraction of sp³-hybridized carbons (Fsp3) is 0.500. The molecule has 0 radical (unpaired) electrons. The Morgan fingerprint density at radius 2 is 2.07 bits per heavy atom. The third kappa shape index (κ3) is 4.74. The SMILES string of the molecule is CC(C)(CCCCC(c1ccccc1Cl)N1CCc2occc2C1)C(=O)O. The van der Waals surface area contributed by atoms with Crippen molar-refractivity contribution in [3.63, 3.8) is 0 Å². The smallest absolute Gasteiger partial charge is 0.309 e. The van der Waals surface area contributed by atoms with Crippen molar-refractivity contribution in [1.82, 2.24) is 4.90 Å². The average molecular weight is 390 g/mol. The molecule has 1 aromatic heterocycles. The van der Waals surface area contributed by atoms with Crippen molar-refractivity contribution < 1.29 is 14.3 Å². The molecule has 5 heteroatoms. The zero-order valence-electron chi connectivity index (χ0n) is 16.1. The van der Waals surface area contributed by atoms with Gasteiger partial charge in [0.1, 0.15) is 5.76 Å². The number of hydrogen-bond acceptors (Lipinski definition) is 3. The van der Waals surface area contributed by atoms with Crippen LogP contribution in [0.5, 0.6) is 0 Å². The van der Waals surface area contributed by atoms with E-state index in [2.05, 4.69) is 17.0 Å². The highest BCUT2D eigenvalue weighted by atomic mass is 35.5. The summed E-state index contributed by atoms with van der Waals surface area (Å²) in [6.07, 6.45) is 6.20. The van der Waals surface area contributed by atoms with Gasteiger partial charge in [-0.15, -0.1) is 0 Å². The van der Waals surface area contributed by atoms with Crippen LogP contribution in [0.2, 0.25) is 5.02 Å². The molecule has 2 heterocycles. The highest BCUT2D eigenvalue weighted by molar-refractivity contribution is 6.31. The standard InChI is InChI=1S/C22H28ClNO3/c1-22(2,21(25)26)12-6-5-9-19(17-7-3-4-8-18(17)23)24-13-10-20-16(15-24)11-14-27-20/h3-4,7-8,11,14,19H,5-6,9-10,12-13,15H2,1-2H3,(H,25,26). The van der Waals surface area contributed by atoms with E-state index in [4.69, 9.17) is 16.0 Å². The Morgan fingerprint density at radius 3 is 2.81 bits per heavy atom. The molecule has 0 saturated carbocycles. The molecular formula is C22H28ClNO3. The number of furan rings is 1. The van der Waals surface area contributed by atoms with Crippen molar-refractivity contribution in [3.8, 4) is 0 Å². The van der Waals surface area contributed by atoms with E-state index < -0.39 is 11.4 Å². The van der Waals surface area contributed by atoms with Gasteiger partial charge in [0.25, 0.3) is 0 Å². The molecule has 0 spiro atoms. The summed E-state index contributed by atoms with van der Waals surface area (Å²) in [4.78, 5) is 13.8. The Hall–Kier alpha value is -1.78. The molecule has 1 aliphatic heterocycles. The summed E-state index contributed by atoms with van der Waals surface area (Å²) in [5, 5.41) is 10.1. The average Bonchev–Trinajstić information content (AvgIpc) is 3.10. The fourth-order valence-corrected chi connectivity index (χ4v) is 4.09. The first-order valence-electron chi connectivity index (χ1n) is 9.65. The molecule has 146 valence electrons. The lowest BCUT2D eigenvalue weighted by Gasteiger charge is -2.35. The van der Waals surface area contributed by atoms with Crippen molar-refractivity contribution >= 4 is 17.6 Å². The van der Waals surface area contributed by atoms with Crippen LogP contribution < -0.4 is 0 Å². The third-order valence-electron chi connectivity index (χ3n) is 5.65. The van der Waals surface area contributed by atoms with Crippen LogP contribution in [-0.4, -0.2) is 22.5 Å². The minimum atomic E-state index is -0.728. The maximum atomic E-state index is 11.3. The highest BCUT2D eigenvalue weighted by Gasteiger charge is 2.29. The number of fused-ring (bicyclic) bond motifs is 1. The Bertz CT molecular complexity index is 783. The van der Waals surface area contributed by atoms with Crippen LogP contribution in [0.3, 0.4) is 0 Å². The second kappa shape index (κ2) is 8.49. The summed E-state index contributed by atoms with van der Waals surface area (Å²) >= 11 is 6.52. The predicted molar refractivity (Wildman–Crippen MR) is 107 cm³/mol. The molecule has 4 nitrogen and oxygen atoms in total. The molecule has 0 bridgehead atoms. The molecule has 0 amide bonds. The Balaban J connectivity index is 1.70. The van der Waals surface area contributed by atoms with Crippen LogP contribution >= 0.6 is 11.6 Å². The van der Waals surface area contributed by atoms with Gasteiger partial charge in [0.15, 0.2) is 0 Å². The summed E-state index contributed by atoms with van der Waals surface area (Å²) < 4.78 is 5.56. The van der Waals surface area contributed by atoms with Crippen LogP contribution in [0, 0.1) is 5.41 Å². The summed E-state index contributed by atoms with van der Waals surface area (Å²) in [6.45, 7) is 5.40. The molecule has 0 aliphatic carbocycles. The predicted octanol–water partition coefficient (Wildman–Crippen LogP) is 5.70. The van der Waals surface area contributed by atoms with E-state index in [-0.39, 0.29) is 6.04 Å². The number of carboxylic acids is 1. The second-order valence-corrected chi connectivity index (χ2v) is 8.47. The summed E-state index contributed by atoms with van der Waals surface area (Å²) in [5.74, 6) is 0.362. The summed E-state index contributed by atoms with van der Waals surface area (Å²) in [5.41, 5.74) is 1.74. The van der Waals surface area contributed by atoms with Gasteiger partial charge in [0.2, 0.25) is 0 Å². The number of aliphatic carboxylic acids is 1. The van der Waals surface area contributed by atoms with Crippen molar-refractivity contribution in [2.24, 2.45) is 5.41 Å². The summed E-state index contributed by atoms with van der Waals surface area (Å²) in [7, 11) is 0. The number of carboxylic acid groups (broad SMARTS) is 1. The molecule has 0 fully saturated rings. The molecule has 2 aromatic rings. The van der Waals surface area contributed by atoms with E-state index in [0.717, 1.165) is 55.1 Å². The van der Waals surface area contributed by atoms with Crippen LogP contribution in [0.25, 0.3) is 0 Å². The third-order valence-corrected chi connectivity index (χ3v) is 5.99. The van der Waals surface area contributed by atoms with Gasteiger partial charge in [-0.1, -0.05) is 42.6 Å². The quantitative estimate of drug-likeness (QED) is 0.588. The first-order valence-corrected chi connectivity index (χ1v) is 10.0. The van der Waals surface area contributed by atoms with Gasteiger partial charge in [-0.3, -0.25) is 9.69 Å². The number of hydrogen-bond donors (Lipinski definition) is 1. The molecule has 1 aromatic carbocycles. The number of nitrogens with zero attached hydrogens (tertiary/aromatic N) is 1. The number of unbranched alkanes of at least 4 members (excludes halogenated alkanes) is 1. The Kier molecular flexibility index (Phi) is 6.28. The lowest BCUT2D eigenvalue weighted by atomic mass is 9.86. The topological polar surface area (TPSA) is 53.7 Å². The van der Waals surface area contributed by atoms with Gasteiger partial charge in [0.05, 0.1) is 11.7 Å². The van der Waals surface area contributed by atoms with Gasteiger partial charge in [0, 0.05) is 36.1 Å². The molecular weight excluding hydrogens is 362 g/mol.